The number of nitrogens with two attached hydrogens (primary N) is 1. The summed E-state index contributed by atoms with van der Waals surface area (Å²) >= 11 is 1.90. The van der Waals surface area contributed by atoms with Gasteiger partial charge in [0.05, 0.1) is 0 Å². The van der Waals surface area contributed by atoms with Crippen molar-refractivity contribution in [3.63, 3.8) is 0 Å². The second kappa shape index (κ2) is 7.20. The molecule has 3 heteroatoms. The van der Waals surface area contributed by atoms with E-state index in [4.69, 9.17) is 5.73 Å². The van der Waals surface area contributed by atoms with Gasteiger partial charge in [-0.1, -0.05) is 19.9 Å². The standard InChI is InChI=1S/C16H26N2S/c1-3-19-16-8-4-7-15(14(16)12-17)18-10-5-6-13(2)9-11-18/h4,7-8,13H,3,5-6,9-12,17H2,1-2H3. The van der Waals surface area contributed by atoms with Gasteiger partial charge in [-0.25, -0.2) is 0 Å². The lowest BCUT2D eigenvalue weighted by Crippen LogP contribution is -2.26. The van der Waals surface area contributed by atoms with Crippen LogP contribution in [0.25, 0.3) is 0 Å². The molecule has 0 amide bonds. The molecule has 1 unspecified atom stereocenters. The Morgan fingerprint density at radius 2 is 2.16 bits per heavy atom. The Balaban J connectivity index is 2.25. The van der Waals surface area contributed by atoms with Crippen LogP contribution in [0.2, 0.25) is 0 Å². The fraction of sp³-hybridized carbons (Fsp3) is 0.625. The van der Waals surface area contributed by atoms with E-state index in [0.717, 1.165) is 11.7 Å². The number of rotatable bonds is 4. The summed E-state index contributed by atoms with van der Waals surface area (Å²) in [5.41, 5.74) is 8.72. The molecule has 1 saturated heterocycles. The van der Waals surface area contributed by atoms with Crippen molar-refractivity contribution in [1.82, 2.24) is 0 Å². The van der Waals surface area contributed by atoms with E-state index in [1.54, 1.807) is 0 Å². The van der Waals surface area contributed by atoms with Gasteiger partial charge >= 0.3 is 0 Å². The second-order valence-corrected chi connectivity index (χ2v) is 6.72. The normalized spacial score (nSPS) is 20.4. The molecule has 2 N–H and O–H groups in total. The van der Waals surface area contributed by atoms with Crippen LogP contribution in [-0.4, -0.2) is 18.8 Å². The van der Waals surface area contributed by atoms with Crippen LogP contribution >= 0.6 is 11.8 Å². The van der Waals surface area contributed by atoms with Gasteiger partial charge in [0.2, 0.25) is 0 Å². The first-order valence-corrected chi connectivity index (χ1v) is 8.44. The van der Waals surface area contributed by atoms with Crippen molar-refractivity contribution in [2.24, 2.45) is 11.7 Å². The molecule has 0 aliphatic carbocycles. The van der Waals surface area contributed by atoms with Crippen LogP contribution in [0.15, 0.2) is 23.1 Å². The molecule has 0 aromatic heterocycles. The van der Waals surface area contributed by atoms with Crippen LogP contribution in [0.1, 0.15) is 38.7 Å². The zero-order chi connectivity index (χ0) is 13.7. The number of thioether (sulfide) groups is 1. The Bertz CT molecular complexity index is 406. The largest absolute Gasteiger partial charge is 0.371 e. The first-order valence-electron chi connectivity index (χ1n) is 7.46. The maximum Gasteiger partial charge on any atom is 0.0423 e. The van der Waals surface area contributed by atoms with Crippen LogP contribution in [-0.2, 0) is 6.54 Å². The monoisotopic (exact) mass is 278 g/mol. The summed E-state index contributed by atoms with van der Waals surface area (Å²) in [6, 6.07) is 6.64. The number of hydrogen-bond acceptors (Lipinski definition) is 3. The van der Waals surface area contributed by atoms with Crippen molar-refractivity contribution in [3.8, 4) is 0 Å². The molecule has 1 atom stereocenters. The molecule has 0 radical (unpaired) electrons. The van der Waals surface area contributed by atoms with Crippen molar-refractivity contribution in [3.05, 3.63) is 23.8 Å². The van der Waals surface area contributed by atoms with Gasteiger partial charge in [-0.05, 0) is 43.1 Å². The molecule has 1 fully saturated rings. The summed E-state index contributed by atoms with van der Waals surface area (Å²) in [5, 5.41) is 0. The lowest BCUT2D eigenvalue weighted by molar-refractivity contribution is 0.521. The predicted octanol–water partition coefficient (Wildman–Crippen LogP) is 3.88. The van der Waals surface area contributed by atoms with Crippen molar-refractivity contribution >= 4 is 17.4 Å². The highest BCUT2D eigenvalue weighted by Gasteiger charge is 2.17. The topological polar surface area (TPSA) is 29.3 Å². The lowest BCUT2D eigenvalue weighted by atomic mass is 10.0. The molecule has 19 heavy (non-hydrogen) atoms. The number of benzene rings is 1. The molecule has 1 heterocycles. The van der Waals surface area contributed by atoms with Gasteiger partial charge in [0.25, 0.3) is 0 Å². The van der Waals surface area contributed by atoms with Gasteiger partial charge in [0, 0.05) is 35.8 Å². The number of hydrogen-bond donors (Lipinski definition) is 1. The highest BCUT2D eigenvalue weighted by atomic mass is 32.2. The van der Waals surface area contributed by atoms with Crippen LogP contribution < -0.4 is 10.6 Å². The summed E-state index contributed by atoms with van der Waals surface area (Å²) in [4.78, 5) is 3.91. The maximum atomic E-state index is 6.01. The molecular formula is C16H26N2S. The SMILES string of the molecule is CCSc1cccc(N2CCCC(C)CC2)c1CN. The fourth-order valence-electron chi connectivity index (χ4n) is 2.85. The van der Waals surface area contributed by atoms with E-state index in [9.17, 15) is 0 Å². The summed E-state index contributed by atoms with van der Waals surface area (Å²) in [5.74, 6) is 1.97. The molecule has 1 aliphatic heterocycles. The summed E-state index contributed by atoms with van der Waals surface area (Å²) in [6.07, 6.45) is 3.96. The van der Waals surface area contributed by atoms with E-state index in [0.29, 0.717) is 6.54 Å². The van der Waals surface area contributed by atoms with Gasteiger partial charge in [0.1, 0.15) is 0 Å². The van der Waals surface area contributed by atoms with Crippen molar-refractivity contribution < 1.29 is 0 Å². The molecule has 1 aromatic rings. The Morgan fingerprint density at radius 1 is 1.32 bits per heavy atom. The molecular weight excluding hydrogens is 252 g/mol. The summed E-state index contributed by atoms with van der Waals surface area (Å²) < 4.78 is 0. The van der Waals surface area contributed by atoms with Crippen LogP contribution in [0.4, 0.5) is 5.69 Å². The van der Waals surface area contributed by atoms with Gasteiger partial charge < -0.3 is 10.6 Å². The molecule has 1 aromatic carbocycles. The zero-order valence-electron chi connectivity index (χ0n) is 12.2. The first kappa shape index (κ1) is 14.7. The van der Waals surface area contributed by atoms with E-state index in [-0.39, 0.29) is 0 Å². The molecule has 2 rings (SSSR count). The molecule has 106 valence electrons. The average molecular weight is 278 g/mol. The molecule has 0 saturated carbocycles. The third-order valence-corrected chi connectivity index (χ3v) is 4.95. The third-order valence-electron chi connectivity index (χ3n) is 3.97. The van der Waals surface area contributed by atoms with Gasteiger partial charge in [0.15, 0.2) is 0 Å². The Labute approximate surface area is 121 Å². The summed E-state index contributed by atoms with van der Waals surface area (Å²) in [7, 11) is 0. The average Bonchev–Trinajstić information content (AvgIpc) is 2.64. The first-order chi connectivity index (χ1) is 9.26. The van der Waals surface area contributed by atoms with Gasteiger partial charge in [-0.15, -0.1) is 11.8 Å². The Kier molecular flexibility index (Phi) is 5.59. The second-order valence-electron chi connectivity index (χ2n) is 5.41. The smallest absolute Gasteiger partial charge is 0.0423 e. The Morgan fingerprint density at radius 3 is 2.89 bits per heavy atom. The number of anilines is 1. The Hall–Kier alpha value is -0.670. The number of nitrogens with zero attached hydrogens (tertiary/aromatic N) is 1. The van der Waals surface area contributed by atoms with E-state index in [1.807, 2.05) is 11.8 Å². The minimum absolute atomic E-state index is 0.643. The minimum Gasteiger partial charge on any atom is -0.371 e. The highest BCUT2D eigenvalue weighted by molar-refractivity contribution is 7.99. The third kappa shape index (κ3) is 3.67. The van der Waals surface area contributed by atoms with Crippen LogP contribution in [0, 0.1) is 5.92 Å². The predicted molar refractivity (Wildman–Crippen MR) is 86.0 cm³/mol. The van der Waals surface area contributed by atoms with Crippen LogP contribution in [0.5, 0.6) is 0 Å². The van der Waals surface area contributed by atoms with Gasteiger partial charge in [-0.3, -0.25) is 0 Å². The van der Waals surface area contributed by atoms with E-state index in [2.05, 4.69) is 36.9 Å². The quantitative estimate of drug-likeness (QED) is 0.847. The fourth-order valence-corrected chi connectivity index (χ4v) is 3.70. The minimum atomic E-state index is 0.643. The molecule has 0 bridgehead atoms. The lowest BCUT2D eigenvalue weighted by Gasteiger charge is -2.26. The maximum absolute atomic E-state index is 6.01. The van der Waals surface area contributed by atoms with E-state index in [1.165, 1.54) is 48.5 Å². The summed E-state index contributed by atoms with van der Waals surface area (Å²) in [6.45, 7) is 7.57. The van der Waals surface area contributed by atoms with Gasteiger partial charge in [-0.2, -0.15) is 0 Å². The van der Waals surface area contributed by atoms with Crippen molar-refractivity contribution in [2.45, 2.75) is 44.6 Å². The van der Waals surface area contributed by atoms with Crippen LogP contribution in [0.3, 0.4) is 0 Å². The zero-order valence-corrected chi connectivity index (χ0v) is 13.0. The molecule has 0 spiro atoms. The van der Waals surface area contributed by atoms with E-state index < -0.39 is 0 Å². The molecule has 1 aliphatic rings. The van der Waals surface area contributed by atoms with Crippen molar-refractivity contribution in [2.75, 3.05) is 23.7 Å². The highest BCUT2D eigenvalue weighted by Crippen LogP contribution is 2.32. The van der Waals surface area contributed by atoms with E-state index >= 15 is 0 Å². The van der Waals surface area contributed by atoms with Crippen molar-refractivity contribution in [1.29, 1.82) is 0 Å². The molecule has 2 nitrogen and oxygen atoms in total.